The van der Waals surface area contributed by atoms with Crippen molar-refractivity contribution in [2.24, 2.45) is 5.41 Å². The van der Waals surface area contributed by atoms with Crippen molar-refractivity contribution in [2.75, 3.05) is 12.8 Å². The Hall–Kier alpha value is -1.71. The fourth-order valence-electron chi connectivity index (χ4n) is 1.67. The van der Waals surface area contributed by atoms with E-state index in [0.717, 1.165) is 11.3 Å². The third-order valence-corrected chi connectivity index (χ3v) is 2.47. The highest BCUT2D eigenvalue weighted by Gasteiger charge is 2.16. The quantitative estimate of drug-likeness (QED) is 0.806. The van der Waals surface area contributed by atoms with Crippen molar-refractivity contribution in [1.82, 2.24) is 5.32 Å². The first-order chi connectivity index (χ1) is 8.31. The number of carbonyl (C=O) groups excluding carboxylic acids is 1. The van der Waals surface area contributed by atoms with E-state index in [0.29, 0.717) is 18.7 Å². The maximum Gasteiger partial charge on any atom is 0.220 e. The Labute approximate surface area is 109 Å². The van der Waals surface area contributed by atoms with Gasteiger partial charge in [0.15, 0.2) is 0 Å². The zero-order valence-electron chi connectivity index (χ0n) is 11.5. The lowest BCUT2D eigenvalue weighted by Gasteiger charge is -2.17. The van der Waals surface area contributed by atoms with Gasteiger partial charge in [-0.15, -0.1) is 0 Å². The minimum Gasteiger partial charge on any atom is -0.496 e. The van der Waals surface area contributed by atoms with Crippen LogP contribution in [0.5, 0.6) is 5.75 Å². The molecule has 1 aromatic rings. The number of nitrogens with one attached hydrogen (secondary N) is 1. The second-order valence-electron chi connectivity index (χ2n) is 5.59. The van der Waals surface area contributed by atoms with Gasteiger partial charge in [0.1, 0.15) is 5.75 Å². The summed E-state index contributed by atoms with van der Waals surface area (Å²) in [5.41, 5.74) is 7.26. The zero-order chi connectivity index (χ0) is 13.8. The first-order valence-corrected chi connectivity index (χ1v) is 6.01. The summed E-state index contributed by atoms with van der Waals surface area (Å²) in [6, 6.07) is 5.40. The number of ether oxygens (including phenoxy) is 1. The number of nitrogen functional groups attached to an aromatic ring is 1. The van der Waals surface area contributed by atoms with Gasteiger partial charge in [0, 0.05) is 24.2 Å². The highest BCUT2D eigenvalue weighted by Crippen LogP contribution is 2.21. The van der Waals surface area contributed by atoms with E-state index in [4.69, 9.17) is 10.5 Å². The minimum atomic E-state index is -0.0100. The Bertz CT molecular complexity index is 422. The molecule has 0 aliphatic carbocycles. The summed E-state index contributed by atoms with van der Waals surface area (Å²) in [5, 5.41) is 2.88. The van der Waals surface area contributed by atoms with Crippen molar-refractivity contribution in [3.05, 3.63) is 23.8 Å². The fraction of sp³-hybridized carbons (Fsp3) is 0.500. The summed E-state index contributed by atoms with van der Waals surface area (Å²) in [4.78, 5) is 11.7. The van der Waals surface area contributed by atoms with Crippen molar-refractivity contribution in [3.63, 3.8) is 0 Å². The van der Waals surface area contributed by atoms with Gasteiger partial charge in [-0.2, -0.15) is 0 Å². The van der Waals surface area contributed by atoms with Crippen molar-refractivity contribution in [3.8, 4) is 5.75 Å². The molecule has 3 N–H and O–H groups in total. The molecular formula is C14H22N2O2. The summed E-state index contributed by atoms with van der Waals surface area (Å²) in [5.74, 6) is 0.771. The molecule has 18 heavy (non-hydrogen) atoms. The van der Waals surface area contributed by atoms with E-state index in [-0.39, 0.29) is 11.3 Å². The first kappa shape index (κ1) is 14.4. The molecule has 0 spiro atoms. The predicted molar refractivity (Wildman–Crippen MR) is 73.3 cm³/mol. The number of anilines is 1. The highest BCUT2D eigenvalue weighted by molar-refractivity contribution is 5.76. The molecule has 0 fully saturated rings. The molecule has 0 aliphatic heterocycles. The second-order valence-corrected chi connectivity index (χ2v) is 5.59. The number of methoxy groups -OCH3 is 1. The molecule has 0 bridgehead atoms. The third kappa shape index (κ3) is 4.65. The van der Waals surface area contributed by atoms with Crippen molar-refractivity contribution in [2.45, 2.75) is 33.7 Å². The van der Waals surface area contributed by atoms with Crippen LogP contribution < -0.4 is 15.8 Å². The Balaban J connectivity index is 2.63. The molecule has 0 aliphatic rings. The van der Waals surface area contributed by atoms with Gasteiger partial charge < -0.3 is 15.8 Å². The van der Waals surface area contributed by atoms with Crippen molar-refractivity contribution in [1.29, 1.82) is 0 Å². The van der Waals surface area contributed by atoms with Crippen LogP contribution in [0.2, 0.25) is 0 Å². The number of hydrogen-bond acceptors (Lipinski definition) is 3. The van der Waals surface area contributed by atoms with E-state index < -0.39 is 0 Å². The Kier molecular flexibility index (Phi) is 4.59. The van der Waals surface area contributed by atoms with E-state index in [9.17, 15) is 4.79 Å². The first-order valence-electron chi connectivity index (χ1n) is 6.01. The molecule has 0 heterocycles. The minimum absolute atomic E-state index is 0.0100. The van der Waals surface area contributed by atoms with Gasteiger partial charge in [0.05, 0.1) is 7.11 Å². The number of carbonyl (C=O) groups is 1. The van der Waals surface area contributed by atoms with E-state index in [1.54, 1.807) is 19.2 Å². The average molecular weight is 250 g/mol. The molecular weight excluding hydrogens is 228 g/mol. The maximum atomic E-state index is 11.7. The van der Waals surface area contributed by atoms with Crippen LogP contribution in [0.3, 0.4) is 0 Å². The standard InChI is InChI=1S/C14H22N2O2/c1-14(2,3)8-13(17)16-9-10-7-11(15)5-6-12(10)18-4/h5-7H,8-9,15H2,1-4H3,(H,16,17). The molecule has 0 radical (unpaired) electrons. The van der Waals surface area contributed by atoms with Crippen molar-refractivity contribution < 1.29 is 9.53 Å². The summed E-state index contributed by atoms with van der Waals surface area (Å²) < 4.78 is 5.23. The molecule has 100 valence electrons. The van der Waals surface area contributed by atoms with Crippen LogP contribution in [0.25, 0.3) is 0 Å². The predicted octanol–water partition coefficient (Wildman–Crippen LogP) is 2.33. The highest BCUT2D eigenvalue weighted by atomic mass is 16.5. The van der Waals surface area contributed by atoms with Gasteiger partial charge in [0.2, 0.25) is 5.91 Å². The summed E-state index contributed by atoms with van der Waals surface area (Å²) >= 11 is 0. The topological polar surface area (TPSA) is 64.3 Å². The molecule has 0 unspecified atom stereocenters. The van der Waals surface area contributed by atoms with Crippen LogP contribution >= 0.6 is 0 Å². The van der Waals surface area contributed by atoms with Crippen LogP contribution in [-0.2, 0) is 11.3 Å². The lowest BCUT2D eigenvalue weighted by Crippen LogP contribution is -2.27. The molecule has 1 aromatic carbocycles. The van der Waals surface area contributed by atoms with E-state index in [1.807, 2.05) is 26.8 Å². The van der Waals surface area contributed by atoms with Gasteiger partial charge in [-0.1, -0.05) is 20.8 Å². The van der Waals surface area contributed by atoms with Crippen LogP contribution in [0, 0.1) is 5.41 Å². The summed E-state index contributed by atoms with van der Waals surface area (Å²) in [6.07, 6.45) is 0.498. The van der Waals surface area contributed by atoms with Crippen LogP contribution in [0.4, 0.5) is 5.69 Å². The third-order valence-electron chi connectivity index (χ3n) is 2.47. The number of nitrogens with two attached hydrogens (primary N) is 1. The molecule has 1 rings (SSSR count). The fourth-order valence-corrected chi connectivity index (χ4v) is 1.67. The molecule has 0 atom stereocenters. The van der Waals surface area contributed by atoms with Gasteiger partial charge in [-0.3, -0.25) is 4.79 Å². The van der Waals surface area contributed by atoms with Gasteiger partial charge in [-0.25, -0.2) is 0 Å². The van der Waals surface area contributed by atoms with Gasteiger partial charge >= 0.3 is 0 Å². The number of amides is 1. The van der Waals surface area contributed by atoms with E-state index in [1.165, 1.54) is 0 Å². The summed E-state index contributed by atoms with van der Waals surface area (Å²) in [6.45, 7) is 6.54. The molecule has 0 saturated heterocycles. The van der Waals surface area contributed by atoms with Crippen LogP contribution in [0.15, 0.2) is 18.2 Å². The lowest BCUT2D eigenvalue weighted by molar-refractivity contribution is -0.122. The average Bonchev–Trinajstić information content (AvgIpc) is 2.24. The van der Waals surface area contributed by atoms with Crippen molar-refractivity contribution >= 4 is 11.6 Å². The lowest BCUT2D eigenvalue weighted by atomic mass is 9.92. The summed E-state index contributed by atoms with van der Waals surface area (Å²) in [7, 11) is 1.60. The number of benzene rings is 1. The van der Waals surface area contributed by atoms with Gasteiger partial charge in [-0.05, 0) is 23.6 Å². The molecule has 4 heteroatoms. The SMILES string of the molecule is COc1ccc(N)cc1CNC(=O)CC(C)(C)C. The molecule has 1 amide bonds. The van der Waals surface area contributed by atoms with Gasteiger partial charge in [0.25, 0.3) is 0 Å². The maximum absolute atomic E-state index is 11.7. The largest absolute Gasteiger partial charge is 0.496 e. The Morgan fingerprint density at radius 2 is 2.06 bits per heavy atom. The zero-order valence-corrected chi connectivity index (χ0v) is 11.5. The number of rotatable bonds is 4. The van der Waals surface area contributed by atoms with E-state index in [2.05, 4.69) is 5.32 Å². The van der Waals surface area contributed by atoms with Crippen LogP contribution in [-0.4, -0.2) is 13.0 Å². The normalized spacial score (nSPS) is 11.1. The number of hydrogen-bond donors (Lipinski definition) is 2. The smallest absolute Gasteiger partial charge is 0.220 e. The molecule has 0 saturated carbocycles. The second kappa shape index (κ2) is 5.76. The monoisotopic (exact) mass is 250 g/mol. The van der Waals surface area contributed by atoms with E-state index >= 15 is 0 Å². The Morgan fingerprint density at radius 3 is 2.61 bits per heavy atom. The van der Waals surface area contributed by atoms with Crippen LogP contribution in [0.1, 0.15) is 32.8 Å². The molecule has 4 nitrogen and oxygen atoms in total. The molecule has 0 aromatic heterocycles. The Morgan fingerprint density at radius 1 is 1.39 bits per heavy atom.